The molecule has 0 saturated carbocycles. The maximum atomic E-state index is 14.4. The van der Waals surface area contributed by atoms with E-state index >= 15 is 0 Å². The van der Waals surface area contributed by atoms with Gasteiger partial charge in [0.1, 0.15) is 31.8 Å². The van der Waals surface area contributed by atoms with Crippen molar-refractivity contribution in [2.24, 2.45) is 0 Å². The van der Waals surface area contributed by atoms with Gasteiger partial charge in [-0.15, -0.1) is 0 Å². The SMILES string of the molecule is O=Cc1ccc(OCCOCCOCC2=CS/C(=C3\SC=C(COCCOCCOC(=O)CN4C(=O)c5c6ccc(c5C4=O)C[n+]4ccc(cc4)-c4cc[n+](cc4)Cc4ccc(cc4)C[n+]4ccc(cc4)-c4cc[n+](cc4)C6)S3)S2)cc1. The van der Waals surface area contributed by atoms with Crippen LogP contribution in [0.2, 0.25) is 0 Å². The molecule has 3 aromatic carbocycles. The third-order valence-electron chi connectivity index (χ3n) is 13.7. The van der Waals surface area contributed by atoms with Crippen molar-refractivity contribution < 1.29 is 65.9 Å². The Balaban J connectivity index is 0.634. The van der Waals surface area contributed by atoms with Crippen LogP contribution in [-0.2, 0) is 54.7 Å². The molecule has 0 saturated heterocycles. The second kappa shape index (κ2) is 27.7. The van der Waals surface area contributed by atoms with Gasteiger partial charge in [-0.25, -0.2) is 18.3 Å². The summed E-state index contributed by atoms with van der Waals surface area (Å²) in [7, 11) is 0. The summed E-state index contributed by atoms with van der Waals surface area (Å²) in [5, 5.41) is 4.23. The molecule has 19 aliphatic rings. The number of hydrogen-bond donors (Lipinski definition) is 0. The molecule has 26 rings (SSSR count). The number of esters is 1. The molecule has 0 N–H and O–H groups in total. The molecule has 0 aliphatic carbocycles. The lowest BCUT2D eigenvalue weighted by Gasteiger charge is -2.13. The third kappa shape index (κ3) is 14.7. The van der Waals surface area contributed by atoms with Crippen LogP contribution in [0.3, 0.4) is 0 Å². The zero-order chi connectivity index (χ0) is 56.0. The van der Waals surface area contributed by atoms with Gasteiger partial charge in [-0.3, -0.25) is 24.1 Å². The number of ether oxygens (including phenoxy) is 6. The first kappa shape index (κ1) is 56.7. The van der Waals surface area contributed by atoms with E-state index in [1.165, 1.54) is 19.6 Å². The van der Waals surface area contributed by atoms with E-state index in [1.807, 2.05) is 70.3 Å². The summed E-state index contributed by atoms with van der Waals surface area (Å²) < 4.78 is 44.9. The molecule has 0 spiro atoms. The van der Waals surface area contributed by atoms with Crippen LogP contribution >= 0.6 is 47.0 Å². The molecule has 12 bridgehead atoms. The Hall–Kier alpha value is -7.20. The van der Waals surface area contributed by atoms with Crippen LogP contribution in [0.5, 0.6) is 5.75 Å². The van der Waals surface area contributed by atoms with Gasteiger partial charge in [0, 0.05) is 86.2 Å². The van der Waals surface area contributed by atoms with Crippen molar-refractivity contribution in [3.05, 3.63) is 227 Å². The summed E-state index contributed by atoms with van der Waals surface area (Å²) in [5.74, 6) is -1.07. The van der Waals surface area contributed by atoms with E-state index < -0.39 is 24.3 Å². The Morgan fingerprint density at radius 3 is 1.32 bits per heavy atom. The number of carbonyl (C=O) groups excluding carboxylic acids is 4. The quantitative estimate of drug-likeness (QED) is 0.0237. The molecule has 0 atom stereocenters. The Bertz CT molecular complexity index is 3370. The first-order chi connectivity index (χ1) is 40.3. The van der Waals surface area contributed by atoms with Crippen LogP contribution in [0.15, 0.2) is 188 Å². The van der Waals surface area contributed by atoms with Crippen molar-refractivity contribution >= 4 is 71.1 Å². The van der Waals surface area contributed by atoms with Gasteiger partial charge in [0.2, 0.25) is 0 Å². The number of amides is 2. The minimum atomic E-state index is -0.707. The molecular weight excluding hydrogens is 1110 g/mol. The standard InChI is InChI=1S/C63H59N5O10S4/c69-40-47-5-9-54(10-6-47)77-33-31-73-27-29-75-41-55-43-79-62(81-55)63-80-44-56(82-63)42-76-30-28-74-32-34-78-57(70)39-68-60(71)58-52-7-8-53(59(58)61(68)72)38-67-25-17-51(18-26-67)49-13-21-65(22-14-49)36-46-2-1-45(3-4-46)35-64-19-11-48(12-20-64)50-15-23-66(37-52)24-16-50/h1-26,40,43-44H,27-39,41-42H2/q+4/b63-62-. The number of hydrogen-bond acceptors (Lipinski definition) is 14. The van der Waals surface area contributed by atoms with Gasteiger partial charge in [-0.05, 0) is 57.3 Å². The first-order valence-electron chi connectivity index (χ1n) is 26.8. The Morgan fingerprint density at radius 2 is 0.878 bits per heavy atom. The third-order valence-corrected chi connectivity index (χ3v) is 19.0. The van der Waals surface area contributed by atoms with Crippen molar-refractivity contribution in [2.45, 2.75) is 26.2 Å². The van der Waals surface area contributed by atoms with Gasteiger partial charge in [0.25, 0.3) is 11.8 Å². The second-order valence-electron chi connectivity index (χ2n) is 19.5. The second-order valence-corrected chi connectivity index (χ2v) is 24.0. The minimum absolute atomic E-state index is 0.0483. The van der Waals surface area contributed by atoms with E-state index in [9.17, 15) is 19.2 Å². The highest BCUT2D eigenvalue weighted by Crippen LogP contribution is 2.55. The number of aromatic nitrogens is 4. The maximum absolute atomic E-state index is 14.4. The lowest BCUT2D eigenvalue weighted by Crippen LogP contribution is -2.37. The average Bonchev–Trinajstić information content (AvgIpc) is 4.37. The summed E-state index contributed by atoms with van der Waals surface area (Å²) in [6.45, 7) is 5.11. The summed E-state index contributed by atoms with van der Waals surface area (Å²) in [6, 6.07) is 36.2. The van der Waals surface area contributed by atoms with Crippen LogP contribution in [0.1, 0.15) is 53.3 Å². The molecule has 0 radical (unpaired) electrons. The molecule has 4 aromatic heterocycles. The Kier molecular flexibility index (Phi) is 19.1. The number of aldehydes is 1. The van der Waals surface area contributed by atoms with Gasteiger partial charge in [0.05, 0.1) is 72.5 Å². The highest BCUT2D eigenvalue weighted by atomic mass is 32.2. The van der Waals surface area contributed by atoms with E-state index in [0.717, 1.165) is 56.3 Å². The van der Waals surface area contributed by atoms with Crippen LogP contribution < -0.4 is 23.0 Å². The molecule has 19 heteroatoms. The van der Waals surface area contributed by atoms with Crippen LogP contribution in [-0.4, -0.2) is 102 Å². The number of nitrogens with zero attached hydrogens (tertiary/aromatic N) is 5. The minimum Gasteiger partial charge on any atom is -0.491 e. The smallest absolute Gasteiger partial charge is 0.326 e. The molecule has 2 amide bonds. The van der Waals surface area contributed by atoms with Gasteiger partial charge < -0.3 is 28.4 Å². The molecular formula is C63H59N5O10S4+4. The highest BCUT2D eigenvalue weighted by Gasteiger charge is 2.42. The molecule has 15 nitrogen and oxygen atoms in total. The molecule has 416 valence electrons. The van der Waals surface area contributed by atoms with Crippen molar-refractivity contribution in [3.63, 3.8) is 0 Å². The van der Waals surface area contributed by atoms with Gasteiger partial charge >= 0.3 is 5.97 Å². The van der Waals surface area contributed by atoms with Gasteiger partial charge in [-0.2, -0.15) is 0 Å². The van der Waals surface area contributed by atoms with Crippen LogP contribution in [0.4, 0.5) is 0 Å². The number of rotatable bonds is 20. The van der Waals surface area contributed by atoms with E-state index in [-0.39, 0.29) is 13.2 Å². The average molecular weight is 1170 g/mol. The van der Waals surface area contributed by atoms with Crippen molar-refractivity contribution in [3.8, 4) is 28.0 Å². The molecule has 23 heterocycles. The first-order valence-corrected chi connectivity index (χ1v) is 30.2. The van der Waals surface area contributed by atoms with Crippen molar-refractivity contribution in [1.29, 1.82) is 0 Å². The summed E-state index contributed by atoms with van der Waals surface area (Å²) >= 11 is 6.80. The summed E-state index contributed by atoms with van der Waals surface area (Å²) in [4.78, 5) is 56.1. The summed E-state index contributed by atoms with van der Waals surface area (Å²) in [6.07, 6.45) is 17.1. The normalized spacial score (nSPS) is 15.5. The van der Waals surface area contributed by atoms with E-state index in [2.05, 4.69) is 93.3 Å². The number of benzene rings is 3. The van der Waals surface area contributed by atoms with E-state index in [0.29, 0.717) is 99.5 Å². The number of thioether (sulfide) groups is 4. The fourth-order valence-corrected chi connectivity index (χ4v) is 14.2. The monoisotopic (exact) mass is 1170 g/mol. The predicted molar refractivity (Wildman–Crippen MR) is 314 cm³/mol. The van der Waals surface area contributed by atoms with Crippen LogP contribution in [0.25, 0.3) is 22.3 Å². The zero-order valence-corrected chi connectivity index (χ0v) is 48.1. The predicted octanol–water partition coefficient (Wildman–Crippen LogP) is 8.54. The Labute approximate surface area is 492 Å². The van der Waals surface area contributed by atoms with Gasteiger partial charge in [0.15, 0.2) is 75.8 Å². The number of imide groups is 1. The van der Waals surface area contributed by atoms with E-state index in [1.54, 1.807) is 71.3 Å². The molecule has 82 heavy (non-hydrogen) atoms. The fraction of sp³-hybridized carbons (Fsp3) is 0.238. The largest absolute Gasteiger partial charge is 0.491 e. The Morgan fingerprint density at radius 1 is 0.476 bits per heavy atom. The number of pyridine rings is 4. The molecule has 7 aromatic rings. The maximum Gasteiger partial charge on any atom is 0.326 e. The lowest BCUT2D eigenvalue weighted by molar-refractivity contribution is -0.689. The number of carbonyl (C=O) groups is 4. The topological polar surface area (TPSA) is 142 Å². The zero-order valence-electron chi connectivity index (χ0n) is 44.8. The highest BCUT2D eigenvalue weighted by molar-refractivity contribution is 8.33. The van der Waals surface area contributed by atoms with Gasteiger partial charge in [-0.1, -0.05) is 83.4 Å². The fourth-order valence-electron chi connectivity index (χ4n) is 9.45. The summed E-state index contributed by atoms with van der Waals surface area (Å²) in [5.41, 5.74) is 9.21. The van der Waals surface area contributed by atoms with E-state index in [4.69, 9.17) is 28.4 Å². The lowest BCUT2D eigenvalue weighted by atomic mass is 9.97. The van der Waals surface area contributed by atoms with Crippen LogP contribution in [0, 0.1) is 0 Å². The van der Waals surface area contributed by atoms with Crippen molar-refractivity contribution in [1.82, 2.24) is 4.90 Å². The molecule has 19 aliphatic heterocycles. The molecule has 0 fully saturated rings. The van der Waals surface area contributed by atoms with Crippen molar-refractivity contribution in [2.75, 3.05) is 72.6 Å². The molecule has 0 unspecified atom stereocenters.